The fraction of sp³-hybridized carbons (Fsp3) is 0.500. The fourth-order valence-corrected chi connectivity index (χ4v) is 3.10. The van der Waals surface area contributed by atoms with Crippen molar-refractivity contribution < 1.29 is 0 Å². The van der Waals surface area contributed by atoms with Gasteiger partial charge in [-0.15, -0.1) is 0 Å². The Labute approximate surface area is 109 Å². The SMILES string of the molecule is CCc1ccc2c(c1)c(CC1CCNC1)cn2C. The van der Waals surface area contributed by atoms with Gasteiger partial charge in [0.25, 0.3) is 0 Å². The predicted octanol–water partition coefficient (Wildman–Crippen LogP) is 2.89. The Morgan fingerprint density at radius 2 is 2.28 bits per heavy atom. The van der Waals surface area contributed by atoms with Crippen molar-refractivity contribution in [1.29, 1.82) is 0 Å². The summed E-state index contributed by atoms with van der Waals surface area (Å²) >= 11 is 0. The van der Waals surface area contributed by atoms with Crippen molar-refractivity contribution in [2.24, 2.45) is 13.0 Å². The number of fused-ring (bicyclic) bond motifs is 1. The predicted molar refractivity (Wildman–Crippen MR) is 77.0 cm³/mol. The van der Waals surface area contributed by atoms with E-state index in [4.69, 9.17) is 0 Å². The molecule has 1 atom stereocenters. The first-order valence-corrected chi connectivity index (χ1v) is 7.05. The molecular weight excluding hydrogens is 220 g/mol. The van der Waals surface area contributed by atoms with Gasteiger partial charge in [0.15, 0.2) is 0 Å². The van der Waals surface area contributed by atoms with E-state index in [1.54, 1.807) is 0 Å². The summed E-state index contributed by atoms with van der Waals surface area (Å²) in [6.45, 7) is 4.60. The van der Waals surface area contributed by atoms with Crippen molar-refractivity contribution in [3.8, 4) is 0 Å². The average Bonchev–Trinajstić information content (AvgIpc) is 2.99. The van der Waals surface area contributed by atoms with Gasteiger partial charge in [-0.05, 0) is 61.5 Å². The molecule has 1 aromatic heterocycles. The monoisotopic (exact) mass is 242 g/mol. The summed E-state index contributed by atoms with van der Waals surface area (Å²) in [5, 5.41) is 4.92. The highest BCUT2D eigenvalue weighted by molar-refractivity contribution is 5.84. The zero-order valence-corrected chi connectivity index (χ0v) is 11.4. The minimum absolute atomic E-state index is 0.820. The number of aryl methyl sites for hydroxylation is 2. The quantitative estimate of drug-likeness (QED) is 0.875. The molecule has 0 aliphatic carbocycles. The second-order valence-electron chi connectivity index (χ2n) is 5.53. The number of benzene rings is 1. The third-order valence-corrected chi connectivity index (χ3v) is 4.22. The second kappa shape index (κ2) is 4.77. The Balaban J connectivity index is 1.99. The van der Waals surface area contributed by atoms with Gasteiger partial charge >= 0.3 is 0 Å². The van der Waals surface area contributed by atoms with Crippen LogP contribution in [0.2, 0.25) is 0 Å². The number of hydrogen-bond acceptors (Lipinski definition) is 1. The van der Waals surface area contributed by atoms with E-state index in [0.29, 0.717) is 0 Å². The summed E-state index contributed by atoms with van der Waals surface area (Å²) in [4.78, 5) is 0. The summed E-state index contributed by atoms with van der Waals surface area (Å²) in [6, 6.07) is 6.90. The number of nitrogens with zero attached hydrogens (tertiary/aromatic N) is 1. The molecule has 2 heteroatoms. The average molecular weight is 242 g/mol. The van der Waals surface area contributed by atoms with Gasteiger partial charge in [0, 0.05) is 24.1 Å². The number of hydrogen-bond donors (Lipinski definition) is 1. The van der Waals surface area contributed by atoms with Crippen LogP contribution in [0.1, 0.15) is 24.5 Å². The number of nitrogens with one attached hydrogen (secondary N) is 1. The van der Waals surface area contributed by atoms with Crippen molar-refractivity contribution in [1.82, 2.24) is 9.88 Å². The lowest BCUT2D eigenvalue weighted by Crippen LogP contribution is -2.10. The van der Waals surface area contributed by atoms with Crippen molar-refractivity contribution >= 4 is 10.9 Å². The molecule has 1 aliphatic rings. The van der Waals surface area contributed by atoms with Crippen LogP contribution in [-0.2, 0) is 19.9 Å². The maximum absolute atomic E-state index is 3.46. The Kier molecular flexibility index (Phi) is 3.13. The van der Waals surface area contributed by atoms with Crippen molar-refractivity contribution in [2.45, 2.75) is 26.2 Å². The van der Waals surface area contributed by atoms with Gasteiger partial charge in [0.05, 0.1) is 0 Å². The van der Waals surface area contributed by atoms with Crippen molar-refractivity contribution in [2.75, 3.05) is 13.1 Å². The fourth-order valence-electron chi connectivity index (χ4n) is 3.10. The van der Waals surface area contributed by atoms with E-state index < -0.39 is 0 Å². The van der Waals surface area contributed by atoms with Gasteiger partial charge in [-0.2, -0.15) is 0 Å². The third-order valence-electron chi connectivity index (χ3n) is 4.22. The summed E-state index contributed by atoms with van der Waals surface area (Å²) < 4.78 is 2.27. The highest BCUT2D eigenvalue weighted by Gasteiger charge is 2.17. The molecule has 1 aromatic carbocycles. The summed E-state index contributed by atoms with van der Waals surface area (Å²) in [5.74, 6) is 0.820. The molecule has 0 spiro atoms. The molecule has 96 valence electrons. The topological polar surface area (TPSA) is 17.0 Å². The van der Waals surface area contributed by atoms with Crippen LogP contribution in [0.4, 0.5) is 0 Å². The van der Waals surface area contributed by atoms with Gasteiger partial charge in [0.1, 0.15) is 0 Å². The minimum atomic E-state index is 0.820. The molecule has 0 bridgehead atoms. The first-order chi connectivity index (χ1) is 8.78. The van der Waals surface area contributed by atoms with E-state index in [1.807, 2.05) is 0 Å². The van der Waals surface area contributed by atoms with Crippen molar-refractivity contribution in [3.63, 3.8) is 0 Å². The van der Waals surface area contributed by atoms with Gasteiger partial charge in [-0.1, -0.05) is 13.0 Å². The zero-order valence-electron chi connectivity index (χ0n) is 11.4. The molecule has 1 fully saturated rings. The van der Waals surface area contributed by atoms with Crippen LogP contribution >= 0.6 is 0 Å². The Hall–Kier alpha value is -1.28. The van der Waals surface area contributed by atoms with E-state index in [0.717, 1.165) is 12.3 Å². The molecule has 1 saturated heterocycles. The van der Waals surface area contributed by atoms with Gasteiger partial charge < -0.3 is 9.88 Å². The largest absolute Gasteiger partial charge is 0.350 e. The highest BCUT2D eigenvalue weighted by Crippen LogP contribution is 2.26. The molecule has 2 nitrogen and oxygen atoms in total. The van der Waals surface area contributed by atoms with Crippen molar-refractivity contribution in [3.05, 3.63) is 35.5 Å². The third kappa shape index (κ3) is 2.05. The van der Waals surface area contributed by atoms with Gasteiger partial charge in [-0.3, -0.25) is 0 Å². The van der Waals surface area contributed by atoms with Crippen LogP contribution in [0.15, 0.2) is 24.4 Å². The smallest absolute Gasteiger partial charge is 0.0480 e. The normalized spacial score (nSPS) is 19.8. The van der Waals surface area contributed by atoms with E-state index >= 15 is 0 Å². The maximum atomic E-state index is 3.46. The molecule has 3 rings (SSSR count). The summed E-state index contributed by atoms with van der Waals surface area (Å²) in [5.41, 5.74) is 4.34. The van der Waals surface area contributed by atoms with Gasteiger partial charge in [0.2, 0.25) is 0 Å². The van der Waals surface area contributed by atoms with E-state index in [-0.39, 0.29) is 0 Å². The standard InChI is InChI=1S/C16H22N2/c1-3-12-4-5-16-15(9-12)14(11-18(16)2)8-13-6-7-17-10-13/h4-5,9,11,13,17H,3,6-8,10H2,1-2H3. The van der Waals surface area contributed by atoms with Crippen LogP contribution in [-0.4, -0.2) is 17.7 Å². The molecule has 1 unspecified atom stereocenters. The molecule has 18 heavy (non-hydrogen) atoms. The molecule has 1 aliphatic heterocycles. The molecular formula is C16H22N2. The second-order valence-corrected chi connectivity index (χ2v) is 5.53. The Bertz CT molecular complexity index is 547. The van der Waals surface area contributed by atoms with E-state index in [2.05, 4.69) is 48.3 Å². The maximum Gasteiger partial charge on any atom is 0.0480 e. The van der Waals surface area contributed by atoms with Crippen LogP contribution in [0.5, 0.6) is 0 Å². The first-order valence-electron chi connectivity index (χ1n) is 7.05. The summed E-state index contributed by atoms with van der Waals surface area (Å²) in [6.07, 6.45) is 5.99. The first kappa shape index (κ1) is 11.8. The van der Waals surface area contributed by atoms with Crippen LogP contribution in [0.3, 0.4) is 0 Å². The zero-order chi connectivity index (χ0) is 12.5. The number of rotatable bonds is 3. The molecule has 2 aromatic rings. The molecule has 0 saturated carbocycles. The van der Waals surface area contributed by atoms with Gasteiger partial charge in [-0.25, -0.2) is 0 Å². The summed E-state index contributed by atoms with van der Waals surface area (Å²) in [7, 11) is 2.16. The van der Waals surface area contributed by atoms with E-state index in [1.165, 1.54) is 48.0 Å². The highest BCUT2D eigenvalue weighted by atomic mass is 14.9. The van der Waals surface area contributed by atoms with Crippen LogP contribution < -0.4 is 5.32 Å². The van der Waals surface area contributed by atoms with Crippen LogP contribution in [0, 0.1) is 5.92 Å². The van der Waals surface area contributed by atoms with Crippen LogP contribution in [0.25, 0.3) is 10.9 Å². The lowest BCUT2D eigenvalue weighted by atomic mass is 9.97. The molecule has 0 amide bonds. The Morgan fingerprint density at radius 1 is 1.39 bits per heavy atom. The molecule has 2 heterocycles. The molecule has 1 N–H and O–H groups in total. The minimum Gasteiger partial charge on any atom is -0.350 e. The Morgan fingerprint density at radius 3 is 3.00 bits per heavy atom. The lowest BCUT2D eigenvalue weighted by Gasteiger charge is -2.07. The molecule has 0 radical (unpaired) electrons. The van der Waals surface area contributed by atoms with E-state index in [9.17, 15) is 0 Å². The lowest BCUT2D eigenvalue weighted by molar-refractivity contribution is 0.581. The number of aromatic nitrogens is 1.